The van der Waals surface area contributed by atoms with Crippen LogP contribution in [0.15, 0.2) is 6.07 Å². The lowest BCUT2D eigenvalue weighted by Crippen LogP contribution is -2.34. The van der Waals surface area contributed by atoms with E-state index in [0.29, 0.717) is 6.42 Å². The molecule has 1 rings (SSSR count). The summed E-state index contributed by atoms with van der Waals surface area (Å²) in [5.74, 6) is -6.07. The topological polar surface area (TPSA) is 9.23 Å². The molecule has 0 heterocycles. The predicted molar refractivity (Wildman–Crippen MR) is 87.0 cm³/mol. The summed E-state index contributed by atoms with van der Waals surface area (Å²) in [5.41, 5.74) is -0.0934. The van der Waals surface area contributed by atoms with Gasteiger partial charge in [-0.2, -0.15) is 0 Å². The lowest BCUT2D eigenvalue weighted by Gasteiger charge is -2.27. The Morgan fingerprint density at radius 1 is 0.870 bits per heavy atom. The third-order valence-electron chi connectivity index (χ3n) is 4.73. The van der Waals surface area contributed by atoms with E-state index >= 15 is 0 Å². The quantitative estimate of drug-likeness (QED) is 0.166. The average molecular weight is 350 g/mol. The van der Waals surface area contributed by atoms with E-state index in [-0.39, 0.29) is 12.0 Å². The van der Waals surface area contributed by atoms with Crippen molar-refractivity contribution in [1.82, 2.24) is 0 Å². The maximum absolute atomic E-state index is 13.5. The zero-order valence-electron chi connectivity index (χ0n) is 14.2. The van der Waals surface area contributed by atoms with Gasteiger partial charge in [-0.1, -0.05) is 33.1 Å². The van der Waals surface area contributed by atoms with Crippen LogP contribution in [0.3, 0.4) is 0 Å². The van der Waals surface area contributed by atoms with Crippen molar-refractivity contribution in [2.75, 3.05) is 7.11 Å². The summed E-state index contributed by atoms with van der Waals surface area (Å²) in [6.07, 6.45) is 3.72. The maximum Gasteiger partial charge on any atom is 0.197 e. The van der Waals surface area contributed by atoms with E-state index in [2.05, 4.69) is 13.8 Å². The van der Waals surface area contributed by atoms with E-state index in [1.54, 1.807) is 7.11 Å². The second kappa shape index (κ2) is 9.42. The molecular formula is C17H26F4OSi. The molecule has 1 aromatic rings. The van der Waals surface area contributed by atoms with Crippen molar-refractivity contribution in [3.63, 3.8) is 0 Å². The zero-order chi connectivity index (χ0) is 17.5. The molecule has 0 N–H and O–H groups in total. The van der Waals surface area contributed by atoms with Crippen molar-refractivity contribution in [1.29, 1.82) is 0 Å². The van der Waals surface area contributed by atoms with Crippen molar-refractivity contribution in [3.8, 4) is 0 Å². The Hall–Kier alpha value is -0.883. The Morgan fingerprint density at radius 2 is 1.48 bits per heavy atom. The molecule has 132 valence electrons. The lowest BCUT2D eigenvalue weighted by molar-refractivity contribution is 0.388. The number of unbranched alkanes of at least 4 members (excludes halogenated alkanes) is 3. The molecule has 6 heteroatoms. The minimum atomic E-state index is -1.74. The smallest absolute Gasteiger partial charge is 0.197 e. The van der Waals surface area contributed by atoms with E-state index in [9.17, 15) is 17.6 Å². The van der Waals surface area contributed by atoms with Gasteiger partial charge in [0.2, 0.25) is 0 Å². The molecule has 0 aliphatic heterocycles. The van der Waals surface area contributed by atoms with Crippen LogP contribution in [0.4, 0.5) is 17.6 Å². The number of rotatable bonds is 10. The summed E-state index contributed by atoms with van der Waals surface area (Å²) in [6.45, 7) is 4.33. The van der Waals surface area contributed by atoms with Gasteiger partial charge in [0, 0.05) is 7.11 Å². The fourth-order valence-electron chi connectivity index (χ4n) is 2.91. The molecule has 0 aliphatic rings. The highest BCUT2D eigenvalue weighted by atomic mass is 28.4. The molecule has 1 nitrogen and oxygen atoms in total. The molecule has 0 amide bonds. The van der Waals surface area contributed by atoms with Gasteiger partial charge in [0.25, 0.3) is 0 Å². The second-order valence-corrected chi connectivity index (χ2v) is 10.7. The van der Waals surface area contributed by atoms with Crippen LogP contribution in [0.2, 0.25) is 18.1 Å². The van der Waals surface area contributed by atoms with Crippen LogP contribution in [0, 0.1) is 23.3 Å². The Morgan fingerprint density at radius 3 is 2.04 bits per heavy atom. The van der Waals surface area contributed by atoms with Gasteiger partial charge in [0.05, 0.1) is 0 Å². The van der Waals surface area contributed by atoms with Gasteiger partial charge >= 0.3 is 0 Å². The van der Waals surface area contributed by atoms with Gasteiger partial charge in [0.1, 0.15) is 0 Å². The highest BCUT2D eigenvalue weighted by Gasteiger charge is 2.28. The summed E-state index contributed by atoms with van der Waals surface area (Å²) in [6, 6.07) is 4.05. The van der Waals surface area contributed by atoms with Crippen LogP contribution in [0.5, 0.6) is 0 Å². The van der Waals surface area contributed by atoms with Crippen molar-refractivity contribution in [3.05, 3.63) is 34.9 Å². The normalized spacial score (nSPS) is 12.0. The molecule has 0 saturated carbocycles. The van der Waals surface area contributed by atoms with Crippen molar-refractivity contribution < 1.29 is 22.0 Å². The van der Waals surface area contributed by atoms with Crippen molar-refractivity contribution in [2.24, 2.45) is 0 Å². The number of halogens is 4. The fourth-order valence-corrected chi connectivity index (χ4v) is 5.80. The van der Waals surface area contributed by atoms with Crippen molar-refractivity contribution in [2.45, 2.75) is 64.1 Å². The Balaban J connectivity index is 2.39. The van der Waals surface area contributed by atoms with Gasteiger partial charge in [-0.05, 0) is 42.6 Å². The van der Waals surface area contributed by atoms with Crippen LogP contribution >= 0.6 is 0 Å². The van der Waals surface area contributed by atoms with Crippen LogP contribution in [-0.2, 0) is 10.8 Å². The Labute approximate surface area is 137 Å². The molecule has 23 heavy (non-hydrogen) atoms. The summed E-state index contributed by atoms with van der Waals surface area (Å²) in [5, 5.41) is 0. The molecule has 0 unspecified atom stereocenters. The minimum Gasteiger partial charge on any atom is -0.420 e. The fraction of sp³-hybridized carbons (Fsp3) is 0.647. The maximum atomic E-state index is 13.5. The standard InChI is InChI=1S/C17H26F4OSi/c1-4-23(5-2,22-3)11-9-7-6-8-10-13-12-14(18)16(20)17(21)15(13)19/h12H,4-11H2,1-3H3. The highest BCUT2D eigenvalue weighted by molar-refractivity contribution is 6.73. The molecule has 0 aromatic heterocycles. The first-order valence-electron chi connectivity index (χ1n) is 8.27. The third kappa shape index (κ3) is 5.31. The van der Waals surface area contributed by atoms with E-state index in [1.807, 2.05) is 0 Å². The third-order valence-corrected chi connectivity index (χ3v) is 9.44. The van der Waals surface area contributed by atoms with Gasteiger partial charge < -0.3 is 4.43 Å². The first kappa shape index (κ1) is 20.2. The first-order chi connectivity index (χ1) is 10.9. The Bertz CT molecular complexity index is 496. The first-order valence-corrected chi connectivity index (χ1v) is 10.8. The SMILES string of the molecule is CC[Si](CC)(CCCCCCc1cc(F)c(F)c(F)c1F)OC. The molecule has 0 spiro atoms. The van der Waals surface area contributed by atoms with Gasteiger partial charge in [-0.15, -0.1) is 0 Å². The van der Waals surface area contributed by atoms with E-state index < -0.39 is 31.6 Å². The molecule has 0 fully saturated rings. The van der Waals surface area contributed by atoms with Crippen LogP contribution in [-0.4, -0.2) is 15.4 Å². The zero-order valence-corrected chi connectivity index (χ0v) is 15.2. The van der Waals surface area contributed by atoms with E-state index in [0.717, 1.165) is 43.5 Å². The molecule has 0 aliphatic carbocycles. The Kier molecular flexibility index (Phi) is 8.26. The summed E-state index contributed by atoms with van der Waals surface area (Å²) < 4.78 is 58.4. The largest absolute Gasteiger partial charge is 0.420 e. The number of benzene rings is 1. The molecule has 1 aromatic carbocycles. The summed E-state index contributed by atoms with van der Waals surface area (Å²) in [4.78, 5) is 0. The molecule has 0 saturated heterocycles. The van der Waals surface area contributed by atoms with E-state index in [1.165, 1.54) is 0 Å². The second-order valence-electron chi connectivity index (χ2n) is 5.97. The van der Waals surface area contributed by atoms with Crippen LogP contribution in [0.1, 0.15) is 45.1 Å². The number of hydrogen-bond donors (Lipinski definition) is 0. The van der Waals surface area contributed by atoms with Gasteiger partial charge in [-0.3, -0.25) is 0 Å². The van der Waals surface area contributed by atoms with E-state index in [4.69, 9.17) is 4.43 Å². The molecular weight excluding hydrogens is 324 g/mol. The minimum absolute atomic E-state index is 0.0934. The van der Waals surface area contributed by atoms with Crippen molar-refractivity contribution >= 4 is 8.32 Å². The summed E-state index contributed by atoms with van der Waals surface area (Å²) >= 11 is 0. The molecule has 0 bridgehead atoms. The predicted octanol–water partition coefficient (Wildman–Crippen LogP) is 5.98. The molecule has 0 atom stereocenters. The van der Waals surface area contributed by atoms with Crippen LogP contribution < -0.4 is 0 Å². The lowest BCUT2D eigenvalue weighted by atomic mass is 10.1. The molecule has 0 radical (unpaired) electrons. The van der Waals surface area contributed by atoms with Gasteiger partial charge in [0.15, 0.2) is 31.6 Å². The summed E-state index contributed by atoms with van der Waals surface area (Å²) in [7, 11) is 0.219. The highest BCUT2D eigenvalue weighted by Crippen LogP contribution is 2.25. The number of aryl methyl sites for hydroxylation is 1. The number of hydrogen-bond acceptors (Lipinski definition) is 1. The monoisotopic (exact) mass is 350 g/mol. The van der Waals surface area contributed by atoms with Crippen LogP contribution in [0.25, 0.3) is 0 Å². The van der Waals surface area contributed by atoms with Gasteiger partial charge in [-0.25, -0.2) is 17.6 Å². The average Bonchev–Trinajstić information content (AvgIpc) is 2.57.